The van der Waals surface area contributed by atoms with Gasteiger partial charge in [-0.2, -0.15) is 0 Å². The van der Waals surface area contributed by atoms with Gasteiger partial charge in [-0.05, 0) is 85.2 Å². The molecular formula is C39H56INO10. The van der Waals surface area contributed by atoms with Crippen molar-refractivity contribution in [2.24, 2.45) is 46.3 Å². The molecule has 4 aliphatic carbocycles. The second-order valence-corrected chi connectivity index (χ2v) is 17.7. The summed E-state index contributed by atoms with van der Waals surface area (Å²) in [5, 5.41) is 26.0. The lowest BCUT2D eigenvalue weighted by atomic mass is 9.43. The Labute approximate surface area is 315 Å². The van der Waals surface area contributed by atoms with E-state index in [9.17, 15) is 24.6 Å². The van der Waals surface area contributed by atoms with Gasteiger partial charge in [-0.25, -0.2) is 9.69 Å². The van der Waals surface area contributed by atoms with Crippen LogP contribution in [0.5, 0.6) is 0 Å². The van der Waals surface area contributed by atoms with Crippen LogP contribution in [0.2, 0.25) is 0 Å². The van der Waals surface area contributed by atoms with E-state index in [0.29, 0.717) is 25.7 Å². The molecule has 0 radical (unpaired) electrons. The largest absolute Gasteiger partial charge is 0.461 e. The standard InChI is InChI=1S/C39H56INO10/c1-10-37(19-51-35(44)23-16-22(40)11-12-26(23)41-29(42)15-21(4)34(41)43)14-13-28(48-7)39(20(2)3)25-17-24-27(47-6)18-38(46,30(25)31(24)49-8)36(5,45)33(50-9)32(37)39/h11-12,16,20-21,24-25,27-28,30-33,45-46H,10,13-15,17-19H2,1-9H3/t21-,24+,25?,27-,28-,30?,31-,32+,33-,36+,37+,38+,39+/m0/s1. The van der Waals surface area contributed by atoms with Crippen molar-refractivity contribution >= 4 is 46.1 Å². The van der Waals surface area contributed by atoms with Crippen LogP contribution in [0.15, 0.2) is 18.2 Å². The predicted octanol–water partition coefficient (Wildman–Crippen LogP) is 5.01. The molecule has 0 spiro atoms. The quantitative estimate of drug-likeness (QED) is 0.188. The first kappa shape index (κ1) is 39.0. The van der Waals surface area contributed by atoms with E-state index in [1.165, 1.54) is 0 Å². The number of nitrogens with zero attached hydrogens (tertiary/aromatic N) is 1. The summed E-state index contributed by atoms with van der Waals surface area (Å²) in [5.74, 6) is -2.77. The summed E-state index contributed by atoms with van der Waals surface area (Å²) in [6, 6.07) is 5.05. The molecule has 284 valence electrons. The van der Waals surface area contributed by atoms with Gasteiger partial charge in [0.05, 0.1) is 42.3 Å². The fourth-order valence-corrected chi connectivity index (χ4v) is 12.6. The van der Waals surface area contributed by atoms with Crippen molar-refractivity contribution in [3.05, 3.63) is 27.3 Å². The maximum Gasteiger partial charge on any atom is 0.340 e. The Balaban J connectivity index is 1.49. The van der Waals surface area contributed by atoms with Crippen molar-refractivity contribution in [1.29, 1.82) is 0 Å². The third-order valence-corrected chi connectivity index (χ3v) is 15.1. The Kier molecular flexibility index (Phi) is 10.6. The van der Waals surface area contributed by atoms with Gasteiger partial charge >= 0.3 is 5.97 Å². The molecule has 2 amide bonds. The van der Waals surface area contributed by atoms with Gasteiger partial charge in [0.2, 0.25) is 11.8 Å². The van der Waals surface area contributed by atoms with E-state index < -0.39 is 51.9 Å². The molecule has 1 aliphatic heterocycles. The number of anilines is 1. The van der Waals surface area contributed by atoms with E-state index in [-0.39, 0.29) is 78.6 Å². The number of carbonyl (C=O) groups is 3. The molecule has 1 saturated heterocycles. The Morgan fingerprint density at radius 2 is 1.78 bits per heavy atom. The number of carbonyl (C=O) groups excluding carboxylic acids is 3. The predicted molar refractivity (Wildman–Crippen MR) is 197 cm³/mol. The third-order valence-electron chi connectivity index (χ3n) is 14.4. The molecule has 13 atom stereocenters. The zero-order valence-electron chi connectivity index (χ0n) is 31.4. The minimum absolute atomic E-state index is 0.00418. The molecule has 1 aromatic carbocycles. The number of benzene rings is 1. The molecule has 0 aromatic heterocycles. The highest BCUT2D eigenvalue weighted by atomic mass is 127. The Morgan fingerprint density at radius 3 is 2.33 bits per heavy atom. The molecule has 5 fully saturated rings. The summed E-state index contributed by atoms with van der Waals surface area (Å²) in [5.41, 5.74) is -4.35. The van der Waals surface area contributed by atoms with Gasteiger partial charge in [-0.1, -0.05) is 27.7 Å². The summed E-state index contributed by atoms with van der Waals surface area (Å²) in [6.45, 7) is 9.89. The Hall–Kier alpha value is -1.68. The smallest absolute Gasteiger partial charge is 0.340 e. The molecule has 2 N–H and O–H groups in total. The number of amides is 2. The van der Waals surface area contributed by atoms with Crippen molar-refractivity contribution in [3.63, 3.8) is 0 Å². The maximum absolute atomic E-state index is 14.2. The SMILES string of the molecule is CC[C@]1(COC(=O)c2cc(I)ccc2N2C(=O)C[C@H](C)C2=O)CC[C@H](OC)[C@@]2(C(C)C)C3C[C@@H]4[C@@H](OC)C[C@@](O)(C3[C@H]4OC)[C@](C)(O)[C@@H](OC)[C@H]12. The van der Waals surface area contributed by atoms with Crippen molar-refractivity contribution in [2.75, 3.05) is 39.9 Å². The lowest BCUT2D eigenvalue weighted by Crippen LogP contribution is -2.70. The number of rotatable bonds is 10. The minimum atomic E-state index is -1.76. The fourth-order valence-electron chi connectivity index (χ4n) is 12.1. The van der Waals surface area contributed by atoms with Gasteiger partial charge < -0.3 is 33.9 Å². The zero-order chi connectivity index (χ0) is 37.4. The molecule has 12 heteroatoms. The van der Waals surface area contributed by atoms with Gasteiger partial charge in [0, 0.05) is 79.4 Å². The highest BCUT2D eigenvalue weighted by Crippen LogP contribution is 2.73. The van der Waals surface area contributed by atoms with Gasteiger partial charge in [0.25, 0.3) is 0 Å². The fraction of sp³-hybridized carbons (Fsp3) is 0.769. The number of ether oxygens (including phenoxy) is 5. The summed E-state index contributed by atoms with van der Waals surface area (Å²) < 4.78 is 32.3. The molecule has 1 aromatic rings. The number of halogens is 1. The highest BCUT2D eigenvalue weighted by Gasteiger charge is 2.79. The van der Waals surface area contributed by atoms with Gasteiger partial charge in [0.15, 0.2) is 0 Å². The van der Waals surface area contributed by atoms with Crippen molar-refractivity contribution in [3.8, 4) is 0 Å². The van der Waals surface area contributed by atoms with Gasteiger partial charge in [-0.15, -0.1) is 0 Å². The molecule has 6 rings (SSSR count). The van der Waals surface area contributed by atoms with E-state index in [2.05, 4.69) is 43.4 Å². The first-order valence-corrected chi connectivity index (χ1v) is 19.5. The van der Waals surface area contributed by atoms with E-state index >= 15 is 0 Å². The Morgan fingerprint density at radius 1 is 1.08 bits per heavy atom. The summed E-state index contributed by atoms with van der Waals surface area (Å²) in [4.78, 5) is 41.4. The zero-order valence-corrected chi connectivity index (χ0v) is 33.6. The normalized spacial score (nSPS) is 43.4. The first-order valence-electron chi connectivity index (χ1n) is 18.5. The number of methoxy groups -OCH3 is 4. The lowest BCUT2D eigenvalue weighted by molar-refractivity contribution is -0.277. The minimum Gasteiger partial charge on any atom is -0.461 e. The number of hydrogen-bond acceptors (Lipinski definition) is 10. The molecule has 2 unspecified atom stereocenters. The molecular weight excluding hydrogens is 769 g/mol. The number of aliphatic hydroxyl groups is 2. The molecule has 4 saturated carbocycles. The van der Waals surface area contributed by atoms with Crippen molar-refractivity contribution in [2.45, 2.75) is 109 Å². The van der Waals surface area contributed by atoms with Crippen LogP contribution in [-0.2, 0) is 33.3 Å². The second-order valence-electron chi connectivity index (χ2n) is 16.5. The van der Waals surface area contributed by atoms with Crippen LogP contribution in [0.3, 0.4) is 0 Å². The van der Waals surface area contributed by atoms with Crippen LogP contribution in [0.4, 0.5) is 5.69 Å². The number of esters is 1. The highest BCUT2D eigenvalue weighted by molar-refractivity contribution is 14.1. The lowest BCUT2D eigenvalue weighted by Gasteiger charge is -2.64. The molecule has 51 heavy (non-hydrogen) atoms. The average molecular weight is 826 g/mol. The Bertz CT molecular complexity index is 1530. The van der Waals surface area contributed by atoms with Crippen LogP contribution < -0.4 is 4.90 Å². The van der Waals surface area contributed by atoms with Crippen molar-refractivity contribution < 1.29 is 48.3 Å². The van der Waals surface area contributed by atoms with Crippen LogP contribution in [-0.4, -0.2) is 98.7 Å². The number of imide groups is 1. The van der Waals surface area contributed by atoms with Crippen LogP contribution in [0.1, 0.15) is 83.5 Å². The van der Waals surface area contributed by atoms with Crippen LogP contribution in [0.25, 0.3) is 0 Å². The second kappa shape index (κ2) is 13.9. The molecule has 2 bridgehead atoms. The van der Waals surface area contributed by atoms with Gasteiger partial charge in [0.1, 0.15) is 11.2 Å². The maximum atomic E-state index is 14.2. The summed E-state index contributed by atoms with van der Waals surface area (Å²) in [7, 11) is 6.67. The molecule has 11 nitrogen and oxygen atoms in total. The van der Waals surface area contributed by atoms with E-state index in [1.807, 2.05) is 0 Å². The van der Waals surface area contributed by atoms with E-state index in [4.69, 9.17) is 23.7 Å². The monoisotopic (exact) mass is 825 g/mol. The first-order chi connectivity index (χ1) is 24.1. The topological polar surface area (TPSA) is 141 Å². The van der Waals surface area contributed by atoms with Crippen molar-refractivity contribution in [1.82, 2.24) is 0 Å². The average Bonchev–Trinajstić information content (AvgIpc) is 3.55. The molecule has 5 aliphatic rings. The molecule has 1 heterocycles. The van der Waals surface area contributed by atoms with E-state index in [0.717, 1.165) is 8.47 Å². The summed E-state index contributed by atoms with van der Waals surface area (Å²) in [6.07, 6.45) is 1.12. The van der Waals surface area contributed by atoms with Crippen LogP contribution in [0, 0.1) is 49.9 Å². The number of fused-ring (bicyclic) bond motifs is 3. The number of hydrogen-bond donors (Lipinski definition) is 2. The third kappa shape index (κ3) is 5.42. The van der Waals surface area contributed by atoms with Gasteiger partial charge in [-0.3, -0.25) is 9.59 Å². The van der Waals surface area contributed by atoms with Crippen LogP contribution >= 0.6 is 22.6 Å². The van der Waals surface area contributed by atoms with E-state index in [1.54, 1.807) is 60.5 Å². The summed E-state index contributed by atoms with van der Waals surface area (Å²) >= 11 is 2.11.